The molecule has 1 aromatic rings. The average Bonchev–Trinajstić information content (AvgIpc) is 2.72. The quantitative estimate of drug-likeness (QED) is 0.476. The van der Waals surface area contributed by atoms with Crippen LogP contribution in [0, 0.1) is 5.92 Å². The van der Waals surface area contributed by atoms with Crippen molar-refractivity contribution in [2.75, 3.05) is 6.54 Å². The van der Waals surface area contributed by atoms with Gasteiger partial charge in [-0.3, -0.25) is 14.4 Å². The third-order valence-corrected chi connectivity index (χ3v) is 5.60. The predicted octanol–water partition coefficient (Wildman–Crippen LogP) is 3.63. The van der Waals surface area contributed by atoms with E-state index in [0.717, 1.165) is 24.8 Å². The van der Waals surface area contributed by atoms with Gasteiger partial charge in [0.05, 0.1) is 6.42 Å². The van der Waals surface area contributed by atoms with Crippen LogP contribution in [0.15, 0.2) is 24.3 Å². The molecule has 3 N–H and O–H groups in total. The van der Waals surface area contributed by atoms with Crippen LogP contribution in [-0.4, -0.2) is 41.1 Å². The number of carbonyl (C=O) groups is 3. The Morgan fingerprint density at radius 1 is 1.09 bits per heavy atom. The van der Waals surface area contributed by atoms with Crippen molar-refractivity contribution in [3.8, 4) is 5.75 Å². The highest BCUT2D eigenvalue weighted by Gasteiger charge is 2.27. The summed E-state index contributed by atoms with van der Waals surface area (Å²) in [6.07, 6.45) is 7.56. The normalized spacial score (nSPS) is 15.6. The number of amides is 2. The van der Waals surface area contributed by atoms with Gasteiger partial charge in [-0.1, -0.05) is 44.2 Å². The first-order valence-electron chi connectivity index (χ1n) is 11.7. The van der Waals surface area contributed by atoms with Crippen LogP contribution in [0.5, 0.6) is 5.75 Å². The molecular formula is C25H38N2O5. The van der Waals surface area contributed by atoms with Gasteiger partial charge in [-0.2, -0.15) is 0 Å². The number of phenolic OH excluding ortho intramolecular Hbond substituents is 1. The fourth-order valence-corrected chi connectivity index (χ4v) is 3.95. The van der Waals surface area contributed by atoms with E-state index in [9.17, 15) is 19.5 Å². The van der Waals surface area contributed by atoms with Crippen molar-refractivity contribution in [1.29, 1.82) is 0 Å². The fourth-order valence-electron chi connectivity index (χ4n) is 3.95. The number of aromatic hydroxyl groups is 1. The SMILES string of the molecule is CC(C)(C)OC(=O)C[C@@H](NC(=O)CCC1CCCCC1)C(=O)NCCc1ccc(O)cc1. The molecule has 32 heavy (non-hydrogen) atoms. The zero-order valence-electron chi connectivity index (χ0n) is 19.6. The van der Waals surface area contributed by atoms with E-state index in [4.69, 9.17) is 4.74 Å². The lowest BCUT2D eigenvalue weighted by Crippen LogP contribution is -2.48. The summed E-state index contributed by atoms with van der Waals surface area (Å²) in [6.45, 7) is 5.65. The van der Waals surface area contributed by atoms with E-state index in [1.165, 1.54) is 19.3 Å². The van der Waals surface area contributed by atoms with Gasteiger partial charge in [-0.25, -0.2) is 0 Å². The Kier molecular flexibility index (Phi) is 10.0. The third kappa shape index (κ3) is 10.2. The summed E-state index contributed by atoms with van der Waals surface area (Å²) >= 11 is 0. The average molecular weight is 447 g/mol. The van der Waals surface area contributed by atoms with E-state index in [-0.39, 0.29) is 18.1 Å². The number of benzene rings is 1. The van der Waals surface area contributed by atoms with Gasteiger partial charge in [0.2, 0.25) is 11.8 Å². The summed E-state index contributed by atoms with van der Waals surface area (Å²) in [5.74, 6) is -0.383. The lowest BCUT2D eigenvalue weighted by atomic mass is 9.86. The molecule has 0 saturated heterocycles. The summed E-state index contributed by atoms with van der Waals surface area (Å²) in [7, 11) is 0. The zero-order valence-corrected chi connectivity index (χ0v) is 19.6. The van der Waals surface area contributed by atoms with Crippen LogP contribution in [0.4, 0.5) is 0 Å². The fraction of sp³-hybridized carbons (Fsp3) is 0.640. The predicted molar refractivity (Wildman–Crippen MR) is 123 cm³/mol. The molecule has 7 nitrogen and oxygen atoms in total. The second-order valence-corrected chi connectivity index (χ2v) is 9.66. The first kappa shape index (κ1) is 25.7. The Hall–Kier alpha value is -2.57. The third-order valence-electron chi connectivity index (χ3n) is 5.60. The van der Waals surface area contributed by atoms with Gasteiger partial charge in [0.15, 0.2) is 0 Å². The lowest BCUT2D eigenvalue weighted by Gasteiger charge is -2.24. The smallest absolute Gasteiger partial charge is 0.308 e. The molecule has 1 aliphatic rings. The van der Waals surface area contributed by atoms with E-state index in [2.05, 4.69) is 10.6 Å². The summed E-state index contributed by atoms with van der Waals surface area (Å²) in [6, 6.07) is 5.78. The Balaban J connectivity index is 1.89. The van der Waals surface area contributed by atoms with Crippen LogP contribution in [0.2, 0.25) is 0 Å². The topological polar surface area (TPSA) is 105 Å². The standard InChI is InChI=1S/C25H38N2O5/c1-25(2,3)32-23(30)17-21(27-22(29)14-11-18-7-5-4-6-8-18)24(31)26-16-15-19-9-12-20(28)13-10-19/h9-10,12-13,18,21,28H,4-8,11,14-17H2,1-3H3,(H,26,31)(H,27,29)/t21-/m1/s1. The minimum atomic E-state index is -0.969. The summed E-state index contributed by atoms with van der Waals surface area (Å²) in [5.41, 5.74) is 0.297. The Morgan fingerprint density at radius 2 is 1.75 bits per heavy atom. The van der Waals surface area contributed by atoms with Gasteiger partial charge < -0.3 is 20.5 Å². The van der Waals surface area contributed by atoms with Crippen LogP contribution < -0.4 is 10.6 Å². The maximum absolute atomic E-state index is 12.8. The van der Waals surface area contributed by atoms with Crippen LogP contribution in [-0.2, 0) is 25.5 Å². The first-order chi connectivity index (χ1) is 15.1. The second-order valence-electron chi connectivity index (χ2n) is 9.66. The molecule has 0 aliphatic heterocycles. The molecule has 0 bridgehead atoms. The van der Waals surface area contributed by atoms with E-state index in [1.54, 1.807) is 45.0 Å². The first-order valence-corrected chi connectivity index (χ1v) is 11.7. The maximum Gasteiger partial charge on any atom is 0.308 e. The molecule has 2 rings (SSSR count). The number of rotatable bonds is 10. The molecule has 1 saturated carbocycles. The molecule has 0 spiro atoms. The molecule has 1 aromatic carbocycles. The molecule has 0 aromatic heterocycles. The van der Waals surface area contributed by atoms with E-state index < -0.39 is 23.5 Å². The van der Waals surface area contributed by atoms with Crippen molar-refractivity contribution in [3.05, 3.63) is 29.8 Å². The van der Waals surface area contributed by atoms with Gasteiger partial charge in [0, 0.05) is 13.0 Å². The van der Waals surface area contributed by atoms with Crippen molar-refractivity contribution in [3.63, 3.8) is 0 Å². The Morgan fingerprint density at radius 3 is 2.38 bits per heavy atom. The largest absolute Gasteiger partial charge is 0.508 e. The number of carbonyl (C=O) groups excluding carboxylic acids is 3. The summed E-state index contributed by atoms with van der Waals surface area (Å²) in [4.78, 5) is 37.6. The van der Waals surface area contributed by atoms with Gasteiger partial charge in [-0.15, -0.1) is 0 Å². The minimum Gasteiger partial charge on any atom is -0.508 e. The number of phenols is 1. The highest BCUT2D eigenvalue weighted by Crippen LogP contribution is 2.27. The zero-order chi connectivity index (χ0) is 23.6. The van der Waals surface area contributed by atoms with Gasteiger partial charge in [0.1, 0.15) is 17.4 Å². The monoisotopic (exact) mass is 446 g/mol. The van der Waals surface area contributed by atoms with Gasteiger partial charge in [0.25, 0.3) is 0 Å². The summed E-state index contributed by atoms with van der Waals surface area (Å²) < 4.78 is 5.35. The van der Waals surface area contributed by atoms with E-state index >= 15 is 0 Å². The molecule has 0 heterocycles. The summed E-state index contributed by atoms with van der Waals surface area (Å²) in [5, 5.41) is 14.9. The molecular weight excluding hydrogens is 408 g/mol. The number of ether oxygens (including phenoxy) is 1. The molecule has 0 unspecified atom stereocenters. The molecule has 1 fully saturated rings. The Labute approximate surface area is 191 Å². The lowest BCUT2D eigenvalue weighted by molar-refractivity contribution is -0.156. The highest BCUT2D eigenvalue weighted by molar-refractivity contribution is 5.91. The molecule has 0 radical (unpaired) electrons. The van der Waals surface area contributed by atoms with Crippen molar-refractivity contribution < 1.29 is 24.2 Å². The number of esters is 1. The number of hydrogen-bond acceptors (Lipinski definition) is 5. The van der Waals surface area contributed by atoms with E-state index in [1.807, 2.05) is 0 Å². The van der Waals surface area contributed by atoms with Crippen molar-refractivity contribution >= 4 is 17.8 Å². The molecule has 1 aliphatic carbocycles. The van der Waals surface area contributed by atoms with E-state index in [0.29, 0.717) is 25.3 Å². The van der Waals surface area contributed by atoms with Crippen molar-refractivity contribution in [2.45, 2.75) is 90.2 Å². The van der Waals surface area contributed by atoms with Crippen LogP contribution in [0.25, 0.3) is 0 Å². The van der Waals surface area contributed by atoms with Gasteiger partial charge >= 0.3 is 5.97 Å². The van der Waals surface area contributed by atoms with Crippen molar-refractivity contribution in [1.82, 2.24) is 10.6 Å². The van der Waals surface area contributed by atoms with Crippen LogP contribution >= 0.6 is 0 Å². The number of nitrogens with one attached hydrogen (secondary N) is 2. The Bertz CT molecular complexity index is 749. The number of hydrogen-bond donors (Lipinski definition) is 3. The van der Waals surface area contributed by atoms with Crippen molar-refractivity contribution in [2.24, 2.45) is 5.92 Å². The van der Waals surface area contributed by atoms with Gasteiger partial charge in [-0.05, 0) is 57.2 Å². The molecule has 2 amide bonds. The molecule has 178 valence electrons. The van der Waals surface area contributed by atoms with Crippen LogP contribution in [0.1, 0.15) is 77.7 Å². The molecule has 1 atom stereocenters. The molecule has 7 heteroatoms. The maximum atomic E-state index is 12.8. The highest BCUT2D eigenvalue weighted by atomic mass is 16.6. The van der Waals surface area contributed by atoms with Crippen LogP contribution in [0.3, 0.4) is 0 Å². The minimum absolute atomic E-state index is 0.186. The second kappa shape index (κ2) is 12.5.